The number of carbonyl (C=O) groups is 1. The number of rotatable bonds is 6. The lowest BCUT2D eigenvalue weighted by atomic mass is 9.80. The number of ketones is 1. The third-order valence-corrected chi connectivity index (χ3v) is 5.93. The predicted molar refractivity (Wildman–Crippen MR) is 110 cm³/mol. The van der Waals surface area contributed by atoms with Crippen LogP contribution in [0.25, 0.3) is 0 Å². The van der Waals surface area contributed by atoms with Gasteiger partial charge in [0.25, 0.3) is 0 Å². The van der Waals surface area contributed by atoms with Gasteiger partial charge in [0.1, 0.15) is 11.5 Å². The number of anilines is 1. The molecule has 0 amide bonds. The zero-order valence-electron chi connectivity index (χ0n) is 16.9. The molecule has 1 N–H and O–H groups in total. The Morgan fingerprint density at radius 3 is 2.59 bits per heavy atom. The number of aromatic nitrogens is 3. The van der Waals surface area contributed by atoms with Crippen LogP contribution in [0.2, 0.25) is 0 Å². The van der Waals surface area contributed by atoms with E-state index >= 15 is 0 Å². The summed E-state index contributed by atoms with van der Waals surface area (Å²) in [6.45, 7) is 2.05. The Morgan fingerprint density at radius 2 is 1.90 bits per heavy atom. The molecule has 29 heavy (non-hydrogen) atoms. The van der Waals surface area contributed by atoms with Crippen LogP contribution in [0.4, 0.5) is 5.95 Å². The summed E-state index contributed by atoms with van der Waals surface area (Å²) in [5.74, 6) is 3.01. The molecular formula is C20H24N4O4S. The number of thioether (sulfide) groups is 1. The molecule has 8 nitrogen and oxygen atoms in total. The quantitative estimate of drug-likeness (QED) is 0.718. The molecule has 2 heterocycles. The monoisotopic (exact) mass is 416 g/mol. The van der Waals surface area contributed by atoms with E-state index in [1.165, 1.54) is 0 Å². The first kappa shape index (κ1) is 19.6. The molecule has 4 rings (SSSR count). The number of methoxy groups -OCH3 is 3. The Balaban J connectivity index is 1.93. The zero-order valence-corrected chi connectivity index (χ0v) is 17.7. The van der Waals surface area contributed by atoms with Crippen molar-refractivity contribution in [3.63, 3.8) is 0 Å². The summed E-state index contributed by atoms with van der Waals surface area (Å²) >= 11 is 1.56. The van der Waals surface area contributed by atoms with Crippen molar-refractivity contribution in [2.75, 3.05) is 32.4 Å². The zero-order chi connectivity index (χ0) is 20.5. The maximum atomic E-state index is 13.0. The lowest BCUT2D eigenvalue weighted by Crippen LogP contribution is -2.39. The van der Waals surface area contributed by atoms with Crippen LogP contribution in [0, 0.1) is 5.92 Å². The molecule has 0 spiro atoms. The first-order chi connectivity index (χ1) is 14.1. The summed E-state index contributed by atoms with van der Waals surface area (Å²) < 4.78 is 18.4. The van der Waals surface area contributed by atoms with Gasteiger partial charge in [0.05, 0.1) is 33.3 Å². The highest BCUT2D eigenvalue weighted by Gasteiger charge is 2.43. The normalized spacial score (nSPS) is 20.3. The van der Waals surface area contributed by atoms with Crippen molar-refractivity contribution in [1.82, 2.24) is 14.8 Å². The molecule has 0 saturated heterocycles. The Hall–Kier alpha value is -2.68. The first-order valence-corrected chi connectivity index (χ1v) is 10.5. The van der Waals surface area contributed by atoms with E-state index in [-0.39, 0.29) is 11.7 Å². The van der Waals surface area contributed by atoms with Gasteiger partial charge in [-0.2, -0.15) is 4.98 Å². The van der Waals surface area contributed by atoms with Gasteiger partial charge < -0.3 is 19.5 Å². The van der Waals surface area contributed by atoms with Gasteiger partial charge in [0.2, 0.25) is 11.1 Å². The second-order valence-corrected chi connectivity index (χ2v) is 7.99. The number of nitrogens with one attached hydrogen (secondary N) is 1. The Morgan fingerprint density at radius 1 is 1.17 bits per heavy atom. The number of fused-ring (bicyclic) bond motifs is 2. The highest BCUT2D eigenvalue weighted by Crippen LogP contribution is 2.47. The van der Waals surface area contributed by atoms with E-state index in [0.717, 1.165) is 23.4 Å². The second-order valence-electron chi connectivity index (χ2n) is 6.76. The third kappa shape index (κ3) is 3.33. The molecule has 2 aliphatic rings. The minimum Gasteiger partial charge on any atom is -0.496 e. The highest BCUT2D eigenvalue weighted by atomic mass is 32.2. The van der Waals surface area contributed by atoms with Crippen LogP contribution in [0.3, 0.4) is 0 Å². The van der Waals surface area contributed by atoms with E-state index in [9.17, 15) is 4.79 Å². The van der Waals surface area contributed by atoms with Gasteiger partial charge in [0.15, 0.2) is 11.5 Å². The molecule has 9 heteroatoms. The van der Waals surface area contributed by atoms with E-state index in [4.69, 9.17) is 19.3 Å². The molecule has 0 fully saturated rings. The molecule has 0 unspecified atom stereocenters. The average molecular weight is 417 g/mol. The van der Waals surface area contributed by atoms with E-state index in [0.29, 0.717) is 34.8 Å². The molecule has 0 radical (unpaired) electrons. The molecule has 1 aromatic heterocycles. The molecule has 0 saturated carbocycles. The number of ether oxygens (including phenoxy) is 3. The van der Waals surface area contributed by atoms with Crippen molar-refractivity contribution < 1.29 is 19.0 Å². The van der Waals surface area contributed by atoms with Gasteiger partial charge >= 0.3 is 0 Å². The predicted octanol–water partition coefficient (Wildman–Crippen LogP) is 3.29. The van der Waals surface area contributed by atoms with Crippen molar-refractivity contribution in [3.8, 4) is 17.2 Å². The van der Waals surface area contributed by atoms with E-state index in [2.05, 4.69) is 23.3 Å². The lowest BCUT2D eigenvalue weighted by Gasteiger charge is -2.36. The summed E-state index contributed by atoms with van der Waals surface area (Å²) in [6.07, 6.45) is 3.30. The summed E-state index contributed by atoms with van der Waals surface area (Å²) in [7, 11) is 4.77. The number of nitrogens with zero attached hydrogens (tertiary/aromatic N) is 3. The van der Waals surface area contributed by atoms with Crippen molar-refractivity contribution in [2.24, 2.45) is 5.92 Å². The van der Waals surface area contributed by atoms with Gasteiger partial charge in [-0.15, -0.1) is 5.10 Å². The van der Waals surface area contributed by atoms with Gasteiger partial charge in [-0.1, -0.05) is 24.8 Å². The van der Waals surface area contributed by atoms with Crippen LogP contribution < -0.4 is 19.5 Å². The standard InChI is InChI=1S/C20H24N4O4S/c1-5-29-20-22-19-21-12-7-6-8-13(25)17(12)18(24(19)23-20)11-9-15(27-3)16(28-4)10-14(11)26-2/h7,9-10,17-18H,5-6,8H2,1-4H3,(H,21,22,23)/t17-,18-/m1/s1. The number of carbonyl (C=O) groups excluding carboxylic acids is 1. The van der Waals surface area contributed by atoms with Crippen LogP contribution in [0.5, 0.6) is 17.2 Å². The van der Waals surface area contributed by atoms with Crippen molar-refractivity contribution in [1.29, 1.82) is 0 Å². The summed E-state index contributed by atoms with van der Waals surface area (Å²) in [5.41, 5.74) is 1.67. The summed E-state index contributed by atoms with van der Waals surface area (Å²) in [6, 6.07) is 3.26. The van der Waals surface area contributed by atoms with E-state index in [1.807, 2.05) is 6.07 Å². The fourth-order valence-corrected chi connectivity index (χ4v) is 4.49. The van der Waals surface area contributed by atoms with E-state index in [1.54, 1.807) is 43.8 Å². The SMILES string of the molecule is CCSc1nc2n(n1)[C@H](c1cc(OC)c(OC)cc1OC)[C@H]1C(=O)CCC=C1N2. The maximum Gasteiger partial charge on any atom is 0.227 e. The van der Waals surface area contributed by atoms with Crippen molar-refractivity contribution in [2.45, 2.75) is 31.0 Å². The molecule has 1 aromatic carbocycles. The van der Waals surface area contributed by atoms with Crippen LogP contribution in [-0.2, 0) is 4.79 Å². The van der Waals surface area contributed by atoms with Gasteiger partial charge in [-0.05, 0) is 18.2 Å². The van der Waals surface area contributed by atoms with E-state index < -0.39 is 6.04 Å². The van der Waals surface area contributed by atoms with Gasteiger partial charge in [-0.3, -0.25) is 4.79 Å². The molecule has 1 aliphatic carbocycles. The topological polar surface area (TPSA) is 87.5 Å². The Kier molecular flexibility index (Phi) is 5.40. The Labute approximate surface area is 173 Å². The van der Waals surface area contributed by atoms with Crippen molar-refractivity contribution in [3.05, 3.63) is 29.5 Å². The molecule has 2 aromatic rings. The third-order valence-electron chi connectivity index (χ3n) is 5.21. The van der Waals surface area contributed by atoms with Crippen LogP contribution in [-0.4, -0.2) is 47.6 Å². The van der Waals surface area contributed by atoms with Crippen molar-refractivity contribution >= 4 is 23.5 Å². The summed E-state index contributed by atoms with van der Waals surface area (Å²) in [4.78, 5) is 17.6. The lowest BCUT2D eigenvalue weighted by molar-refractivity contribution is -0.123. The minimum absolute atomic E-state index is 0.169. The molecule has 1 aliphatic heterocycles. The first-order valence-electron chi connectivity index (χ1n) is 9.50. The summed E-state index contributed by atoms with van der Waals surface area (Å²) in [5, 5.41) is 8.68. The largest absolute Gasteiger partial charge is 0.496 e. The number of allylic oxidation sites excluding steroid dienone is 2. The second kappa shape index (κ2) is 7.98. The van der Waals surface area contributed by atoms with Gasteiger partial charge in [-0.25, -0.2) is 4.68 Å². The number of hydrogen-bond acceptors (Lipinski definition) is 8. The maximum absolute atomic E-state index is 13.0. The molecule has 154 valence electrons. The average Bonchev–Trinajstić information content (AvgIpc) is 3.13. The fourth-order valence-electron chi connectivity index (χ4n) is 3.94. The number of hydrogen-bond donors (Lipinski definition) is 1. The number of benzene rings is 1. The molecule has 0 bridgehead atoms. The Bertz CT molecular complexity index is 972. The van der Waals surface area contributed by atoms with Crippen LogP contribution >= 0.6 is 11.8 Å². The smallest absolute Gasteiger partial charge is 0.227 e. The fraction of sp³-hybridized carbons (Fsp3) is 0.450. The highest BCUT2D eigenvalue weighted by molar-refractivity contribution is 7.99. The van der Waals surface area contributed by atoms with Gasteiger partial charge in [0, 0.05) is 23.7 Å². The molecule has 2 atom stereocenters. The minimum atomic E-state index is -0.390. The number of Topliss-reactive ketones (excluding diaryl/α,β-unsaturated/α-hetero) is 1. The molecular weight excluding hydrogens is 392 g/mol. The van der Waals surface area contributed by atoms with Crippen LogP contribution in [0.1, 0.15) is 31.4 Å². The van der Waals surface area contributed by atoms with Crippen LogP contribution in [0.15, 0.2) is 29.1 Å².